The molecule has 0 atom stereocenters. The molecule has 1 aromatic heterocycles. The summed E-state index contributed by atoms with van der Waals surface area (Å²) in [6.07, 6.45) is 0. The molecule has 7 nitrogen and oxygen atoms in total. The van der Waals surface area contributed by atoms with Gasteiger partial charge in [0.1, 0.15) is 0 Å². The third-order valence-corrected chi connectivity index (χ3v) is 2.76. The van der Waals surface area contributed by atoms with Crippen molar-refractivity contribution in [3.05, 3.63) is 23.6 Å². The summed E-state index contributed by atoms with van der Waals surface area (Å²) in [5.41, 5.74) is -0.709. The molecule has 0 radical (unpaired) electrons. The number of carboxylic acid groups (broad SMARTS) is 1. The van der Waals surface area contributed by atoms with Crippen LogP contribution in [-0.4, -0.2) is 38.2 Å². The summed E-state index contributed by atoms with van der Waals surface area (Å²) in [5, 5.41) is 31.9. The number of methoxy groups -OCH3 is 1. The zero-order valence-corrected chi connectivity index (χ0v) is 10.6. The molecule has 20 heavy (non-hydrogen) atoms. The van der Waals surface area contributed by atoms with Crippen LogP contribution in [0.2, 0.25) is 0 Å². The highest BCUT2D eigenvalue weighted by molar-refractivity contribution is 5.87. The largest absolute Gasteiger partial charge is 0.504 e. The Morgan fingerprint density at radius 1 is 1.40 bits per heavy atom. The number of phenolic OH excluding ortho intramolecular Hbond substituents is 2. The molecule has 1 heterocycles. The average Bonchev–Trinajstić information content (AvgIpc) is 2.77. The monoisotopic (exact) mass is 282 g/mol. The number of nitrogens with zero attached hydrogens (tertiary/aromatic N) is 2. The molecule has 8 heteroatoms. The van der Waals surface area contributed by atoms with Gasteiger partial charge in [-0.05, 0) is 6.07 Å². The van der Waals surface area contributed by atoms with Crippen molar-refractivity contribution in [1.29, 1.82) is 0 Å². The van der Waals surface area contributed by atoms with Crippen molar-refractivity contribution in [1.82, 2.24) is 9.78 Å². The highest BCUT2D eigenvalue weighted by Gasteiger charge is 2.24. The lowest BCUT2D eigenvalue weighted by Crippen LogP contribution is -2.00. The molecule has 0 unspecified atom stereocenters. The quantitative estimate of drug-likeness (QED) is 0.734. The first-order valence-electron chi connectivity index (χ1n) is 5.43. The summed E-state index contributed by atoms with van der Waals surface area (Å²) in [6, 6.07) is 2.00. The van der Waals surface area contributed by atoms with E-state index >= 15 is 0 Å². The Morgan fingerprint density at radius 3 is 2.55 bits per heavy atom. The van der Waals surface area contributed by atoms with Crippen LogP contribution < -0.4 is 4.74 Å². The van der Waals surface area contributed by atoms with E-state index in [1.165, 1.54) is 14.2 Å². The first-order chi connectivity index (χ1) is 9.36. The Hall–Kier alpha value is -2.77. The number of halogens is 1. The predicted octanol–water partition coefficient (Wildman–Crippen LogP) is 1.34. The summed E-state index contributed by atoms with van der Waals surface area (Å²) in [5.74, 6) is -3.81. The maximum Gasteiger partial charge on any atom is 0.356 e. The zero-order valence-electron chi connectivity index (χ0n) is 10.6. The minimum absolute atomic E-state index is 0.00778. The number of hydrogen-bond acceptors (Lipinski definition) is 5. The van der Waals surface area contributed by atoms with Crippen molar-refractivity contribution < 1.29 is 29.2 Å². The molecule has 0 spiro atoms. The summed E-state index contributed by atoms with van der Waals surface area (Å²) >= 11 is 0. The van der Waals surface area contributed by atoms with E-state index in [0.717, 1.165) is 16.8 Å². The van der Waals surface area contributed by atoms with Crippen molar-refractivity contribution in [3.63, 3.8) is 0 Å². The molecule has 0 aliphatic heterocycles. The summed E-state index contributed by atoms with van der Waals surface area (Å²) in [4.78, 5) is 10.9. The van der Waals surface area contributed by atoms with Crippen LogP contribution in [0.4, 0.5) is 4.39 Å². The fraction of sp³-hybridized carbons (Fsp3) is 0.167. The number of rotatable bonds is 3. The second-order valence-corrected chi connectivity index (χ2v) is 3.98. The van der Waals surface area contributed by atoms with E-state index in [4.69, 9.17) is 9.84 Å². The van der Waals surface area contributed by atoms with Crippen molar-refractivity contribution in [2.75, 3.05) is 7.11 Å². The third kappa shape index (κ3) is 2.00. The standard InChI is InChI=1S/C12H11FN2O5/c1-15-6(3-5(14-15)12(18)19)9-10(13)8(20-2)4-7(16)11(9)17/h3-4,16-17H,1-2H3,(H,18,19). The van der Waals surface area contributed by atoms with Crippen LogP contribution in [0.15, 0.2) is 12.1 Å². The molecule has 0 saturated carbocycles. The van der Waals surface area contributed by atoms with E-state index in [1.807, 2.05) is 0 Å². The topological polar surface area (TPSA) is 105 Å². The number of benzene rings is 1. The molecular formula is C12H11FN2O5. The maximum atomic E-state index is 14.2. The minimum Gasteiger partial charge on any atom is -0.504 e. The SMILES string of the molecule is COc1cc(O)c(O)c(-c2cc(C(=O)O)nn2C)c1F. The van der Waals surface area contributed by atoms with Crippen LogP contribution in [-0.2, 0) is 7.05 Å². The summed E-state index contributed by atoms with van der Waals surface area (Å²) < 4.78 is 20.0. The summed E-state index contributed by atoms with van der Waals surface area (Å²) in [6.45, 7) is 0. The van der Waals surface area contributed by atoms with Gasteiger partial charge in [0, 0.05) is 13.1 Å². The molecule has 0 fully saturated rings. The first-order valence-corrected chi connectivity index (χ1v) is 5.43. The second kappa shape index (κ2) is 4.72. The fourth-order valence-corrected chi connectivity index (χ4v) is 1.80. The maximum absolute atomic E-state index is 14.2. The number of hydrogen-bond donors (Lipinski definition) is 3. The van der Waals surface area contributed by atoms with Crippen LogP contribution in [0.1, 0.15) is 10.5 Å². The molecule has 0 aliphatic rings. The highest BCUT2D eigenvalue weighted by atomic mass is 19.1. The number of ether oxygens (including phenoxy) is 1. The van der Waals surface area contributed by atoms with Gasteiger partial charge in [-0.25, -0.2) is 9.18 Å². The van der Waals surface area contributed by atoms with Gasteiger partial charge in [-0.1, -0.05) is 0 Å². The molecule has 3 N–H and O–H groups in total. The van der Waals surface area contributed by atoms with Crippen molar-refractivity contribution in [3.8, 4) is 28.5 Å². The van der Waals surface area contributed by atoms with Crippen LogP contribution in [0.25, 0.3) is 11.3 Å². The lowest BCUT2D eigenvalue weighted by atomic mass is 10.1. The van der Waals surface area contributed by atoms with Crippen molar-refractivity contribution in [2.24, 2.45) is 7.05 Å². The Morgan fingerprint density at radius 2 is 2.05 bits per heavy atom. The fourth-order valence-electron chi connectivity index (χ4n) is 1.80. The molecule has 0 saturated heterocycles. The number of carboxylic acids is 1. The lowest BCUT2D eigenvalue weighted by Gasteiger charge is -2.11. The van der Waals surface area contributed by atoms with Gasteiger partial charge in [0.15, 0.2) is 28.8 Å². The van der Waals surface area contributed by atoms with Crippen molar-refractivity contribution in [2.45, 2.75) is 0 Å². The third-order valence-electron chi connectivity index (χ3n) is 2.76. The normalized spacial score (nSPS) is 10.6. The number of aromatic nitrogens is 2. The van der Waals surface area contributed by atoms with Gasteiger partial charge in [-0.2, -0.15) is 5.10 Å². The van der Waals surface area contributed by atoms with Gasteiger partial charge in [0.25, 0.3) is 0 Å². The number of phenols is 2. The summed E-state index contributed by atoms with van der Waals surface area (Å²) in [7, 11) is 2.59. The Balaban J connectivity index is 2.75. The van der Waals surface area contributed by atoms with E-state index < -0.39 is 23.3 Å². The van der Waals surface area contributed by atoms with E-state index in [1.54, 1.807) is 0 Å². The van der Waals surface area contributed by atoms with Gasteiger partial charge in [-0.15, -0.1) is 0 Å². The second-order valence-electron chi connectivity index (χ2n) is 3.98. The molecule has 1 aromatic carbocycles. The Labute approximate surface area is 112 Å². The van der Waals surface area contributed by atoms with Gasteiger partial charge in [0.2, 0.25) is 0 Å². The van der Waals surface area contributed by atoms with E-state index in [-0.39, 0.29) is 22.7 Å². The van der Waals surface area contributed by atoms with Crippen LogP contribution in [0.3, 0.4) is 0 Å². The van der Waals surface area contributed by atoms with Gasteiger partial charge >= 0.3 is 5.97 Å². The molecule has 2 aromatic rings. The first kappa shape index (κ1) is 13.7. The Kier molecular flexibility index (Phi) is 3.23. The van der Waals surface area contributed by atoms with Crippen LogP contribution in [0.5, 0.6) is 17.2 Å². The predicted molar refractivity (Wildman–Crippen MR) is 65.4 cm³/mol. The van der Waals surface area contributed by atoms with E-state index in [0.29, 0.717) is 0 Å². The molecule has 0 aliphatic carbocycles. The molecule has 106 valence electrons. The van der Waals surface area contributed by atoms with Gasteiger partial charge in [-0.3, -0.25) is 4.68 Å². The van der Waals surface area contributed by atoms with Gasteiger partial charge < -0.3 is 20.1 Å². The van der Waals surface area contributed by atoms with E-state index in [9.17, 15) is 19.4 Å². The number of carbonyl (C=O) groups is 1. The zero-order chi connectivity index (χ0) is 15.0. The smallest absolute Gasteiger partial charge is 0.356 e. The van der Waals surface area contributed by atoms with Crippen LogP contribution >= 0.6 is 0 Å². The lowest BCUT2D eigenvalue weighted by molar-refractivity contribution is 0.0689. The average molecular weight is 282 g/mol. The molecule has 0 bridgehead atoms. The van der Waals surface area contributed by atoms with Crippen LogP contribution in [0, 0.1) is 5.82 Å². The molecule has 0 amide bonds. The highest BCUT2D eigenvalue weighted by Crippen LogP contribution is 2.42. The number of aromatic carboxylic acids is 1. The van der Waals surface area contributed by atoms with Crippen molar-refractivity contribution >= 4 is 5.97 Å². The van der Waals surface area contributed by atoms with E-state index in [2.05, 4.69) is 5.10 Å². The molecular weight excluding hydrogens is 271 g/mol. The Bertz CT molecular complexity index is 696. The minimum atomic E-state index is -1.29. The van der Waals surface area contributed by atoms with Gasteiger partial charge in [0.05, 0.1) is 18.4 Å². The number of aryl methyl sites for hydroxylation is 1. The number of aromatic hydroxyl groups is 2. The molecule has 2 rings (SSSR count).